The van der Waals surface area contributed by atoms with Gasteiger partial charge in [-0.15, -0.1) is 10.2 Å². The second-order valence-electron chi connectivity index (χ2n) is 4.03. The van der Waals surface area contributed by atoms with Gasteiger partial charge in [0.1, 0.15) is 0 Å². The Morgan fingerprint density at radius 2 is 2.31 bits per heavy atom. The van der Waals surface area contributed by atoms with E-state index in [0.29, 0.717) is 11.9 Å². The zero-order chi connectivity index (χ0) is 11.0. The fourth-order valence-corrected chi connectivity index (χ4v) is 2.30. The average molecular weight is 215 g/mol. The van der Waals surface area contributed by atoms with Crippen LogP contribution in [0.2, 0.25) is 0 Å². The molecule has 0 saturated heterocycles. The number of hydrogen-bond donors (Lipinski definition) is 2. The minimum atomic E-state index is 0.399. The molecule has 0 bridgehead atoms. The van der Waals surface area contributed by atoms with Crippen molar-refractivity contribution in [3.8, 4) is 11.4 Å². The molecule has 0 amide bonds. The van der Waals surface area contributed by atoms with Crippen LogP contribution >= 0.6 is 0 Å². The van der Waals surface area contributed by atoms with Gasteiger partial charge < -0.3 is 5.32 Å². The number of aromatic amines is 1. The summed E-state index contributed by atoms with van der Waals surface area (Å²) < 4.78 is 0. The van der Waals surface area contributed by atoms with Gasteiger partial charge >= 0.3 is 0 Å². The summed E-state index contributed by atoms with van der Waals surface area (Å²) in [6.45, 7) is 3.18. The maximum atomic E-state index is 4.05. The van der Waals surface area contributed by atoms with Gasteiger partial charge in [0, 0.05) is 11.6 Å². The molecule has 0 saturated carbocycles. The number of nitrogens with one attached hydrogen (secondary N) is 2. The normalized spacial score (nSPS) is 19.4. The van der Waals surface area contributed by atoms with Crippen LogP contribution in [0.5, 0.6) is 0 Å². The number of hydrogen-bond acceptors (Lipinski definition) is 4. The molecule has 5 nitrogen and oxygen atoms in total. The third-order valence-corrected chi connectivity index (χ3v) is 3.09. The van der Waals surface area contributed by atoms with Crippen molar-refractivity contribution in [1.29, 1.82) is 0 Å². The van der Waals surface area contributed by atoms with E-state index in [2.05, 4.69) is 45.0 Å². The van der Waals surface area contributed by atoms with E-state index in [1.54, 1.807) is 0 Å². The zero-order valence-electron chi connectivity index (χ0n) is 9.07. The van der Waals surface area contributed by atoms with E-state index in [9.17, 15) is 0 Å². The van der Waals surface area contributed by atoms with E-state index in [1.807, 2.05) is 6.07 Å². The molecule has 2 heterocycles. The number of aromatic nitrogens is 4. The third-order valence-electron chi connectivity index (χ3n) is 3.09. The summed E-state index contributed by atoms with van der Waals surface area (Å²) >= 11 is 0. The number of nitrogens with zero attached hydrogens (tertiary/aromatic N) is 3. The molecule has 0 aliphatic carbocycles. The van der Waals surface area contributed by atoms with Gasteiger partial charge in [-0.1, -0.05) is 18.2 Å². The molecule has 1 aliphatic rings. The van der Waals surface area contributed by atoms with Crippen LogP contribution in [0.4, 0.5) is 0 Å². The Morgan fingerprint density at radius 3 is 3.12 bits per heavy atom. The summed E-state index contributed by atoms with van der Waals surface area (Å²) in [5.41, 5.74) is 3.78. The lowest BCUT2D eigenvalue weighted by molar-refractivity contribution is 0.541. The van der Waals surface area contributed by atoms with Crippen LogP contribution in [0.1, 0.15) is 24.1 Å². The number of tetrazole rings is 1. The molecule has 1 aliphatic heterocycles. The first-order valence-corrected chi connectivity index (χ1v) is 5.45. The van der Waals surface area contributed by atoms with E-state index >= 15 is 0 Å². The molecule has 1 aromatic carbocycles. The van der Waals surface area contributed by atoms with Gasteiger partial charge in [-0.05, 0) is 36.2 Å². The lowest BCUT2D eigenvalue weighted by Gasteiger charge is -2.25. The Hall–Kier alpha value is -1.75. The topological polar surface area (TPSA) is 66.5 Å². The molecule has 3 rings (SSSR count). The summed E-state index contributed by atoms with van der Waals surface area (Å²) in [6.07, 6.45) is 1.02. The van der Waals surface area contributed by atoms with E-state index in [1.165, 1.54) is 11.1 Å². The van der Waals surface area contributed by atoms with E-state index in [-0.39, 0.29) is 0 Å². The lowest BCUT2D eigenvalue weighted by Crippen LogP contribution is -2.28. The maximum Gasteiger partial charge on any atom is 0.204 e. The highest BCUT2D eigenvalue weighted by Crippen LogP contribution is 2.29. The Bertz CT molecular complexity index is 491. The van der Waals surface area contributed by atoms with Gasteiger partial charge in [-0.2, -0.15) is 5.21 Å². The highest BCUT2D eigenvalue weighted by Gasteiger charge is 2.20. The van der Waals surface area contributed by atoms with Crippen molar-refractivity contribution in [2.75, 3.05) is 6.54 Å². The quantitative estimate of drug-likeness (QED) is 0.746. The van der Waals surface area contributed by atoms with Crippen molar-refractivity contribution in [2.24, 2.45) is 0 Å². The first kappa shape index (κ1) is 9.47. The zero-order valence-corrected chi connectivity index (χ0v) is 9.07. The van der Waals surface area contributed by atoms with Crippen molar-refractivity contribution in [2.45, 2.75) is 19.4 Å². The van der Waals surface area contributed by atoms with Crippen molar-refractivity contribution in [3.63, 3.8) is 0 Å². The average Bonchev–Trinajstić information content (AvgIpc) is 2.82. The molecular weight excluding hydrogens is 202 g/mol. The molecule has 2 aromatic rings. The molecule has 82 valence electrons. The van der Waals surface area contributed by atoms with Gasteiger partial charge in [0.15, 0.2) is 0 Å². The molecule has 1 unspecified atom stereocenters. The minimum Gasteiger partial charge on any atom is -0.310 e. The van der Waals surface area contributed by atoms with Crippen LogP contribution in [-0.4, -0.2) is 27.2 Å². The molecule has 0 radical (unpaired) electrons. The van der Waals surface area contributed by atoms with Gasteiger partial charge in [0.2, 0.25) is 5.82 Å². The van der Waals surface area contributed by atoms with Crippen LogP contribution in [-0.2, 0) is 6.42 Å². The van der Waals surface area contributed by atoms with E-state index in [0.717, 1.165) is 18.5 Å². The summed E-state index contributed by atoms with van der Waals surface area (Å²) in [7, 11) is 0. The van der Waals surface area contributed by atoms with Crippen LogP contribution < -0.4 is 5.32 Å². The number of rotatable bonds is 1. The fourth-order valence-electron chi connectivity index (χ4n) is 2.30. The Balaban J connectivity index is 2.16. The van der Waals surface area contributed by atoms with Crippen LogP contribution in [0.25, 0.3) is 11.4 Å². The molecule has 5 heteroatoms. The van der Waals surface area contributed by atoms with Gasteiger partial charge in [-0.3, -0.25) is 0 Å². The molecule has 16 heavy (non-hydrogen) atoms. The largest absolute Gasteiger partial charge is 0.310 e. The summed E-state index contributed by atoms with van der Waals surface area (Å²) in [5, 5.41) is 17.7. The Morgan fingerprint density at radius 1 is 1.38 bits per heavy atom. The maximum absolute atomic E-state index is 4.05. The second-order valence-corrected chi connectivity index (χ2v) is 4.03. The van der Waals surface area contributed by atoms with Crippen LogP contribution in [0.15, 0.2) is 18.2 Å². The minimum absolute atomic E-state index is 0.399. The number of H-pyrrole nitrogens is 1. The first-order valence-electron chi connectivity index (χ1n) is 5.45. The predicted octanol–water partition coefficient (Wildman–Crippen LogP) is 1.07. The van der Waals surface area contributed by atoms with Gasteiger partial charge in [0.25, 0.3) is 0 Å². The Kier molecular flexibility index (Phi) is 2.18. The molecule has 2 N–H and O–H groups in total. The molecule has 0 spiro atoms. The van der Waals surface area contributed by atoms with Crippen molar-refractivity contribution >= 4 is 0 Å². The predicted molar refractivity (Wildman–Crippen MR) is 59.7 cm³/mol. The molecule has 1 atom stereocenters. The summed E-state index contributed by atoms with van der Waals surface area (Å²) in [4.78, 5) is 0. The van der Waals surface area contributed by atoms with Crippen molar-refractivity contribution in [3.05, 3.63) is 29.3 Å². The molecular formula is C11H13N5. The van der Waals surface area contributed by atoms with E-state index in [4.69, 9.17) is 0 Å². The smallest absolute Gasteiger partial charge is 0.204 e. The van der Waals surface area contributed by atoms with Crippen molar-refractivity contribution in [1.82, 2.24) is 25.9 Å². The third kappa shape index (κ3) is 1.40. The van der Waals surface area contributed by atoms with Gasteiger partial charge in [0.05, 0.1) is 0 Å². The monoisotopic (exact) mass is 215 g/mol. The highest BCUT2D eigenvalue weighted by atomic mass is 15.5. The fraction of sp³-hybridized carbons (Fsp3) is 0.364. The second kappa shape index (κ2) is 3.68. The molecule has 1 aromatic heterocycles. The SMILES string of the molecule is CC1NCCc2c(-c3nn[nH]n3)cccc21. The van der Waals surface area contributed by atoms with E-state index < -0.39 is 0 Å². The molecule has 0 fully saturated rings. The lowest BCUT2D eigenvalue weighted by atomic mass is 9.91. The number of fused-ring (bicyclic) bond motifs is 1. The van der Waals surface area contributed by atoms with Crippen LogP contribution in [0.3, 0.4) is 0 Å². The van der Waals surface area contributed by atoms with Gasteiger partial charge in [-0.25, -0.2) is 0 Å². The number of benzene rings is 1. The summed E-state index contributed by atoms with van der Waals surface area (Å²) in [5.74, 6) is 0.686. The first-order chi connectivity index (χ1) is 7.86. The van der Waals surface area contributed by atoms with Crippen molar-refractivity contribution < 1.29 is 0 Å². The Labute approximate surface area is 93.3 Å². The summed E-state index contributed by atoms with van der Waals surface area (Å²) in [6, 6.07) is 6.67. The van der Waals surface area contributed by atoms with Crippen LogP contribution in [0, 0.1) is 0 Å². The standard InChI is InChI=1S/C11H13N5/c1-7-8-3-2-4-10(9(8)5-6-12-7)11-13-15-16-14-11/h2-4,7,12H,5-6H2,1H3,(H,13,14,15,16). The highest BCUT2D eigenvalue weighted by molar-refractivity contribution is 5.62.